The van der Waals surface area contributed by atoms with Gasteiger partial charge in [0.25, 0.3) is 5.91 Å². The predicted molar refractivity (Wildman–Crippen MR) is 78.3 cm³/mol. The minimum atomic E-state index is -0.292. The van der Waals surface area contributed by atoms with Crippen molar-refractivity contribution < 1.29 is 9.53 Å². The Hall–Kier alpha value is -2.22. The van der Waals surface area contributed by atoms with Gasteiger partial charge in [-0.1, -0.05) is 6.92 Å². The summed E-state index contributed by atoms with van der Waals surface area (Å²) in [5.74, 6) is 1.37. The maximum Gasteiger partial charge on any atom is 0.274 e. The Kier molecular flexibility index (Phi) is 4.19. The lowest BCUT2D eigenvalue weighted by atomic mass is 10.2. The van der Waals surface area contributed by atoms with Crippen LogP contribution >= 0.6 is 0 Å². The van der Waals surface area contributed by atoms with Crippen LogP contribution < -0.4 is 0 Å². The Bertz CT molecular complexity index is 649. The molecule has 1 amide bonds. The number of nitrogens with one attached hydrogen (secondary N) is 2. The molecule has 1 aliphatic rings. The van der Waals surface area contributed by atoms with Gasteiger partial charge in [0.15, 0.2) is 5.82 Å². The largest absolute Gasteiger partial charge is 0.366 e. The van der Waals surface area contributed by atoms with Crippen molar-refractivity contribution in [1.29, 1.82) is 0 Å². The fourth-order valence-electron chi connectivity index (χ4n) is 2.48. The lowest BCUT2D eigenvalue weighted by Gasteiger charge is -2.31. The molecule has 0 saturated carbocycles. The van der Waals surface area contributed by atoms with E-state index in [1.54, 1.807) is 11.0 Å². The first-order valence-electron chi connectivity index (χ1n) is 7.51. The van der Waals surface area contributed by atoms with E-state index in [4.69, 9.17) is 4.74 Å². The van der Waals surface area contributed by atoms with Crippen LogP contribution in [0.2, 0.25) is 0 Å². The zero-order chi connectivity index (χ0) is 15.5. The average Bonchev–Trinajstić information content (AvgIpc) is 3.16. The summed E-state index contributed by atoms with van der Waals surface area (Å²) in [6.07, 6.45) is 1.57. The summed E-state index contributed by atoms with van der Waals surface area (Å²) in [7, 11) is 0. The van der Waals surface area contributed by atoms with Gasteiger partial charge in [0, 0.05) is 18.7 Å². The maximum absolute atomic E-state index is 12.4. The van der Waals surface area contributed by atoms with Crippen LogP contribution in [0.3, 0.4) is 0 Å². The average molecular weight is 304 g/mol. The van der Waals surface area contributed by atoms with Gasteiger partial charge in [0.2, 0.25) is 0 Å². The van der Waals surface area contributed by atoms with E-state index in [0.717, 1.165) is 24.4 Å². The third-order valence-electron chi connectivity index (χ3n) is 3.60. The number of morpholine rings is 1. The maximum atomic E-state index is 12.4. The van der Waals surface area contributed by atoms with Crippen LogP contribution in [0.5, 0.6) is 0 Å². The molecule has 0 radical (unpaired) electrons. The molecule has 8 nitrogen and oxygen atoms in total. The molecule has 8 heteroatoms. The fraction of sp³-hybridized carbons (Fsp3) is 0.571. The van der Waals surface area contributed by atoms with E-state index in [1.165, 1.54) is 0 Å². The van der Waals surface area contributed by atoms with Crippen molar-refractivity contribution in [2.24, 2.45) is 0 Å². The molecule has 0 spiro atoms. The third kappa shape index (κ3) is 3.01. The van der Waals surface area contributed by atoms with Crippen molar-refractivity contribution in [3.05, 3.63) is 29.1 Å². The van der Waals surface area contributed by atoms with Crippen molar-refractivity contribution in [1.82, 2.24) is 30.3 Å². The quantitative estimate of drug-likeness (QED) is 0.878. The predicted octanol–water partition coefficient (Wildman–Crippen LogP) is 1.00. The van der Waals surface area contributed by atoms with Crippen molar-refractivity contribution in [2.45, 2.75) is 32.8 Å². The number of aromatic amines is 2. The zero-order valence-electron chi connectivity index (χ0n) is 12.8. The monoisotopic (exact) mass is 304 g/mol. The minimum absolute atomic E-state index is 0.0954. The second kappa shape index (κ2) is 6.27. The lowest BCUT2D eigenvalue weighted by Crippen LogP contribution is -2.42. The number of amides is 1. The summed E-state index contributed by atoms with van der Waals surface area (Å²) in [6.45, 7) is 5.42. The summed E-state index contributed by atoms with van der Waals surface area (Å²) in [5.41, 5.74) is 1.30. The van der Waals surface area contributed by atoms with Gasteiger partial charge in [0.05, 0.1) is 13.2 Å². The molecular weight excluding hydrogens is 284 g/mol. The molecule has 2 aromatic rings. The van der Waals surface area contributed by atoms with Gasteiger partial charge < -0.3 is 9.64 Å². The molecular formula is C14H20N6O2. The number of carbonyl (C=O) groups excluding carboxylic acids is 1. The van der Waals surface area contributed by atoms with E-state index in [1.807, 2.05) is 6.92 Å². The van der Waals surface area contributed by atoms with Crippen molar-refractivity contribution in [2.75, 3.05) is 19.7 Å². The second-order valence-corrected chi connectivity index (χ2v) is 5.44. The number of aromatic nitrogens is 5. The molecule has 2 aromatic heterocycles. The van der Waals surface area contributed by atoms with Crippen LogP contribution in [0.15, 0.2) is 6.07 Å². The first-order chi connectivity index (χ1) is 10.7. The minimum Gasteiger partial charge on any atom is -0.366 e. The van der Waals surface area contributed by atoms with Crippen LogP contribution in [-0.2, 0) is 11.2 Å². The van der Waals surface area contributed by atoms with Gasteiger partial charge in [-0.25, -0.2) is 4.98 Å². The highest BCUT2D eigenvalue weighted by atomic mass is 16.5. The normalized spacial score (nSPS) is 18.6. The van der Waals surface area contributed by atoms with Gasteiger partial charge in [-0.15, -0.1) is 0 Å². The molecule has 3 heterocycles. The number of hydrogen-bond donors (Lipinski definition) is 2. The number of carbonyl (C=O) groups is 1. The van der Waals surface area contributed by atoms with Gasteiger partial charge in [-0.05, 0) is 19.4 Å². The van der Waals surface area contributed by atoms with Gasteiger partial charge in [0.1, 0.15) is 17.6 Å². The molecule has 3 rings (SSSR count). The van der Waals surface area contributed by atoms with Crippen LogP contribution in [0, 0.1) is 6.92 Å². The fourth-order valence-corrected chi connectivity index (χ4v) is 2.48. The van der Waals surface area contributed by atoms with Crippen LogP contribution in [0.25, 0.3) is 0 Å². The summed E-state index contributed by atoms with van der Waals surface area (Å²) < 4.78 is 5.71. The van der Waals surface area contributed by atoms with E-state index in [2.05, 4.69) is 32.3 Å². The Morgan fingerprint density at radius 3 is 3.05 bits per heavy atom. The molecule has 0 aromatic carbocycles. The molecule has 0 aliphatic carbocycles. The highest BCUT2D eigenvalue weighted by Gasteiger charge is 2.29. The van der Waals surface area contributed by atoms with E-state index in [-0.39, 0.29) is 12.0 Å². The second-order valence-electron chi connectivity index (χ2n) is 5.44. The summed E-state index contributed by atoms with van der Waals surface area (Å²) in [4.78, 5) is 18.6. The number of H-pyrrole nitrogens is 2. The zero-order valence-corrected chi connectivity index (χ0v) is 12.8. The first kappa shape index (κ1) is 14.7. The highest BCUT2D eigenvalue weighted by Crippen LogP contribution is 2.20. The third-order valence-corrected chi connectivity index (χ3v) is 3.60. The standard InChI is InChI=1S/C14H20N6O2/c1-3-4-12-15-13(19-18-12)11-8-20(5-6-22-11)14(21)10-7-9(2)16-17-10/h7,11H,3-6,8H2,1-2H3,(H,16,17)(H,15,18,19)/t11-/m0/s1. The smallest absolute Gasteiger partial charge is 0.274 e. The van der Waals surface area contributed by atoms with Crippen LogP contribution in [0.4, 0.5) is 0 Å². The van der Waals surface area contributed by atoms with Crippen LogP contribution in [0.1, 0.15) is 47.3 Å². The summed E-state index contributed by atoms with van der Waals surface area (Å²) in [6, 6.07) is 1.75. The molecule has 22 heavy (non-hydrogen) atoms. The van der Waals surface area contributed by atoms with E-state index in [9.17, 15) is 4.79 Å². The number of rotatable bonds is 4. The first-order valence-corrected chi connectivity index (χ1v) is 7.51. The summed E-state index contributed by atoms with van der Waals surface area (Å²) >= 11 is 0. The summed E-state index contributed by atoms with van der Waals surface area (Å²) in [5, 5.41) is 13.9. The Morgan fingerprint density at radius 1 is 1.45 bits per heavy atom. The molecule has 2 N–H and O–H groups in total. The Labute approximate surface area is 128 Å². The van der Waals surface area contributed by atoms with E-state index in [0.29, 0.717) is 31.2 Å². The lowest BCUT2D eigenvalue weighted by molar-refractivity contribution is -0.0268. The molecule has 1 aliphatic heterocycles. The van der Waals surface area contributed by atoms with Crippen LogP contribution in [-0.4, -0.2) is 55.9 Å². The number of ether oxygens (including phenoxy) is 1. The number of aryl methyl sites for hydroxylation is 2. The Balaban J connectivity index is 1.69. The highest BCUT2D eigenvalue weighted by molar-refractivity contribution is 5.92. The SMILES string of the molecule is CCCc1nc([C@@H]2CN(C(=O)c3cc(C)[nH]n3)CCO2)n[nH]1. The van der Waals surface area contributed by atoms with Crippen molar-refractivity contribution >= 4 is 5.91 Å². The molecule has 118 valence electrons. The number of hydrogen-bond acceptors (Lipinski definition) is 5. The van der Waals surface area contributed by atoms with Gasteiger partial charge >= 0.3 is 0 Å². The molecule has 0 bridgehead atoms. The molecule has 1 fully saturated rings. The number of nitrogens with zero attached hydrogens (tertiary/aromatic N) is 4. The van der Waals surface area contributed by atoms with Gasteiger partial charge in [-0.3, -0.25) is 15.0 Å². The topological polar surface area (TPSA) is 99.8 Å². The molecule has 1 atom stereocenters. The Morgan fingerprint density at radius 2 is 2.32 bits per heavy atom. The van der Waals surface area contributed by atoms with E-state index < -0.39 is 0 Å². The van der Waals surface area contributed by atoms with Crippen molar-refractivity contribution in [3.8, 4) is 0 Å². The van der Waals surface area contributed by atoms with Crippen molar-refractivity contribution in [3.63, 3.8) is 0 Å². The van der Waals surface area contributed by atoms with Gasteiger partial charge in [-0.2, -0.15) is 10.2 Å². The van der Waals surface area contributed by atoms with E-state index >= 15 is 0 Å². The molecule has 1 saturated heterocycles. The molecule has 0 unspecified atom stereocenters.